The van der Waals surface area contributed by atoms with Crippen LogP contribution in [0, 0.1) is 0 Å². The molecule has 0 spiro atoms. The number of aromatic nitrogens is 2. The molecule has 4 atom stereocenters. The fraction of sp³-hybridized carbons (Fsp3) is 0.692. The maximum Gasteiger partial charge on any atom is 0.434 e. The zero-order valence-corrected chi connectivity index (χ0v) is 12.7. The van der Waals surface area contributed by atoms with Gasteiger partial charge in [0, 0.05) is 0 Å². The van der Waals surface area contributed by atoms with Crippen LogP contribution in [0.2, 0.25) is 0 Å². The lowest BCUT2D eigenvalue weighted by Gasteiger charge is -2.37. The molecule has 0 amide bonds. The van der Waals surface area contributed by atoms with Crippen LogP contribution in [0.15, 0.2) is 12.4 Å². The molecule has 10 heteroatoms. The Morgan fingerprint density at radius 2 is 1.91 bits per heavy atom. The van der Waals surface area contributed by atoms with Crippen molar-refractivity contribution in [1.29, 1.82) is 0 Å². The van der Waals surface area contributed by atoms with E-state index in [4.69, 9.17) is 9.84 Å². The van der Waals surface area contributed by atoms with Gasteiger partial charge in [-0.15, -0.1) is 0 Å². The molecular formula is C13H20F3N3O4. The number of rotatable bonds is 3. The zero-order chi connectivity index (χ0) is 17.6. The molecule has 0 bridgehead atoms. The summed E-state index contributed by atoms with van der Waals surface area (Å²) in [5.74, 6) is -0.202. The third kappa shape index (κ3) is 4.99. The number of nitrogens with zero attached hydrogens (tertiary/aromatic N) is 2. The predicted octanol–water partition coefficient (Wildman–Crippen LogP) is 0.415. The smallest absolute Gasteiger partial charge is 0.394 e. The Bertz CT molecular complexity index is 490. The van der Waals surface area contributed by atoms with Gasteiger partial charge in [0.25, 0.3) is 0 Å². The van der Waals surface area contributed by atoms with Crippen LogP contribution in [-0.2, 0) is 10.9 Å². The maximum absolute atomic E-state index is 12.5. The third-order valence-electron chi connectivity index (χ3n) is 3.07. The van der Waals surface area contributed by atoms with Gasteiger partial charge in [0.15, 0.2) is 5.69 Å². The molecule has 4 N–H and O–H groups in total. The molecule has 132 valence electrons. The Kier molecular flexibility index (Phi) is 7.13. The number of alkyl halides is 3. The topological polar surface area (TPSA) is 108 Å². The molecular weight excluding hydrogens is 319 g/mol. The Morgan fingerprint density at radius 1 is 1.26 bits per heavy atom. The van der Waals surface area contributed by atoms with Gasteiger partial charge in [-0.2, -0.15) is 13.2 Å². The van der Waals surface area contributed by atoms with Crippen LogP contribution in [0.3, 0.4) is 0 Å². The summed E-state index contributed by atoms with van der Waals surface area (Å²) in [6.45, 7) is 3.41. The van der Waals surface area contributed by atoms with E-state index in [0.29, 0.717) is 6.20 Å². The van der Waals surface area contributed by atoms with Crippen molar-refractivity contribution >= 4 is 5.82 Å². The lowest BCUT2D eigenvalue weighted by atomic mass is 9.98. The van der Waals surface area contributed by atoms with E-state index in [1.54, 1.807) is 0 Å². The Balaban J connectivity index is 0.00000127. The second kappa shape index (κ2) is 8.39. The van der Waals surface area contributed by atoms with Gasteiger partial charge in [-0.25, -0.2) is 4.98 Å². The van der Waals surface area contributed by atoms with E-state index in [1.165, 1.54) is 0 Å². The van der Waals surface area contributed by atoms with Crippen molar-refractivity contribution in [2.24, 2.45) is 0 Å². The monoisotopic (exact) mass is 339 g/mol. The first kappa shape index (κ1) is 19.6. The lowest BCUT2D eigenvalue weighted by Crippen LogP contribution is -2.56. The van der Waals surface area contributed by atoms with Crippen LogP contribution in [0.25, 0.3) is 0 Å². The molecule has 0 saturated carbocycles. The van der Waals surface area contributed by atoms with Gasteiger partial charge in [0.1, 0.15) is 24.1 Å². The van der Waals surface area contributed by atoms with Crippen molar-refractivity contribution in [3.05, 3.63) is 18.1 Å². The minimum Gasteiger partial charge on any atom is -0.394 e. The largest absolute Gasteiger partial charge is 0.434 e. The zero-order valence-electron chi connectivity index (χ0n) is 12.7. The predicted molar refractivity (Wildman–Crippen MR) is 74.6 cm³/mol. The number of nitrogens with one attached hydrogen (secondary N) is 1. The van der Waals surface area contributed by atoms with E-state index in [0.717, 1.165) is 6.20 Å². The van der Waals surface area contributed by atoms with Gasteiger partial charge >= 0.3 is 6.18 Å². The van der Waals surface area contributed by atoms with Crippen molar-refractivity contribution in [2.45, 2.75) is 44.4 Å². The van der Waals surface area contributed by atoms with Crippen LogP contribution < -0.4 is 5.32 Å². The molecule has 1 fully saturated rings. The lowest BCUT2D eigenvalue weighted by molar-refractivity contribution is -0.152. The van der Waals surface area contributed by atoms with Gasteiger partial charge < -0.3 is 25.4 Å². The van der Waals surface area contributed by atoms with E-state index in [-0.39, 0.29) is 12.4 Å². The van der Waals surface area contributed by atoms with Gasteiger partial charge in [0.05, 0.1) is 31.6 Å². The highest BCUT2D eigenvalue weighted by Crippen LogP contribution is 2.28. The second-order valence-corrected chi connectivity index (χ2v) is 4.57. The van der Waals surface area contributed by atoms with Crippen LogP contribution in [-0.4, -0.2) is 62.9 Å². The molecule has 1 aromatic rings. The molecule has 23 heavy (non-hydrogen) atoms. The van der Waals surface area contributed by atoms with Crippen molar-refractivity contribution in [1.82, 2.24) is 9.97 Å². The first-order valence-corrected chi connectivity index (χ1v) is 7.07. The average Bonchev–Trinajstić information content (AvgIpc) is 2.53. The van der Waals surface area contributed by atoms with Crippen molar-refractivity contribution < 1.29 is 33.2 Å². The summed E-state index contributed by atoms with van der Waals surface area (Å²) in [6, 6.07) is -0.874. The van der Waals surface area contributed by atoms with E-state index in [2.05, 4.69) is 15.3 Å². The molecule has 2 heterocycles. The summed E-state index contributed by atoms with van der Waals surface area (Å²) in [4.78, 5) is 6.76. The molecule has 1 aromatic heterocycles. The SMILES string of the molecule is CC.OCC1OCC(Nc2cncc(C(F)(F)F)n2)C(O)C1O. The normalized spacial score (nSPS) is 27.8. The minimum absolute atomic E-state index is 0.110. The van der Waals surface area contributed by atoms with Crippen molar-refractivity contribution in [3.8, 4) is 0 Å². The molecule has 2 rings (SSSR count). The number of hydrogen-bond donors (Lipinski definition) is 4. The van der Waals surface area contributed by atoms with Gasteiger partial charge in [-0.3, -0.25) is 4.98 Å². The Hall–Kier alpha value is -1.49. The summed E-state index contributed by atoms with van der Waals surface area (Å²) in [5, 5.41) is 31.0. The number of aliphatic hydroxyl groups is 3. The molecule has 7 nitrogen and oxygen atoms in total. The summed E-state index contributed by atoms with van der Waals surface area (Å²) in [7, 11) is 0. The van der Waals surface area contributed by atoms with Crippen molar-refractivity contribution in [3.63, 3.8) is 0 Å². The van der Waals surface area contributed by atoms with Crippen molar-refractivity contribution in [2.75, 3.05) is 18.5 Å². The fourth-order valence-corrected chi connectivity index (χ4v) is 1.93. The highest BCUT2D eigenvalue weighted by molar-refractivity contribution is 5.34. The maximum atomic E-state index is 12.5. The quantitative estimate of drug-likeness (QED) is 0.632. The fourth-order valence-electron chi connectivity index (χ4n) is 1.93. The van der Waals surface area contributed by atoms with Crippen LogP contribution in [0.5, 0.6) is 0 Å². The number of halogens is 3. The standard InChI is InChI=1S/C11H14F3N3O4.C2H6/c12-11(13,14)7-1-15-2-8(17-7)16-5-4-21-6(3-18)10(20)9(5)19;1-2/h1-2,5-6,9-10,18-20H,3-4H2,(H,16,17);1-2H3. The third-order valence-corrected chi connectivity index (χ3v) is 3.07. The minimum atomic E-state index is -4.63. The van der Waals surface area contributed by atoms with E-state index in [1.807, 2.05) is 13.8 Å². The van der Waals surface area contributed by atoms with E-state index >= 15 is 0 Å². The molecule has 0 aromatic carbocycles. The Morgan fingerprint density at radius 3 is 2.48 bits per heavy atom. The first-order chi connectivity index (χ1) is 10.8. The Labute approximate surface area is 131 Å². The molecule has 0 aliphatic carbocycles. The molecule has 0 radical (unpaired) electrons. The number of ether oxygens (including phenoxy) is 1. The van der Waals surface area contributed by atoms with Crippen LogP contribution in [0.1, 0.15) is 19.5 Å². The number of hydrogen-bond acceptors (Lipinski definition) is 7. The molecule has 4 unspecified atom stereocenters. The van der Waals surface area contributed by atoms with Gasteiger partial charge in [0.2, 0.25) is 0 Å². The summed E-state index contributed by atoms with van der Waals surface area (Å²) in [6.07, 6.45) is -6.62. The molecule has 1 aliphatic rings. The molecule has 1 aliphatic heterocycles. The number of aliphatic hydroxyl groups excluding tert-OH is 3. The summed E-state index contributed by atoms with van der Waals surface area (Å²) < 4.78 is 42.6. The van der Waals surface area contributed by atoms with E-state index in [9.17, 15) is 23.4 Å². The highest BCUT2D eigenvalue weighted by Gasteiger charge is 2.38. The van der Waals surface area contributed by atoms with Gasteiger partial charge in [-0.05, 0) is 0 Å². The summed E-state index contributed by atoms with van der Waals surface area (Å²) in [5.41, 5.74) is -1.17. The van der Waals surface area contributed by atoms with Crippen LogP contribution in [0.4, 0.5) is 19.0 Å². The summed E-state index contributed by atoms with van der Waals surface area (Å²) >= 11 is 0. The second-order valence-electron chi connectivity index (χ2n) is 4.57. The average molecular weight is 339 g/mol. The molecule has 1 saturated heterocycles. The first-order valence-electron chi connectivity index (χ1n) is 7.07. The number of anilines is 1. The van der Waals surface area contributed by atoms with Gasteiger partial charge in [-0.1, -0.05) is 13.8 Å². The van der Waals surface area contributed by atoms with Crippen LogP contribution >= 0.6 is 0 Å². The highest BCUT2D eigenvalue weighted by atomic mass is 19.4. The van der Waals surface area contributed by atoms with E-state index < -0.39 is 42.8 Å².